The van der Waals surface area contributed by atoms with Gasteiger partial charge in [-0.05, 0) is 32.2 Å². The largest absolute Gasteiger partial charge is 0.480 e. The van der Waals surface area contributed by atoms with Gasteiger partial charge in [-0.2, -0.15) is 13.2 Å². The summed E-state index contributed by atoms with van der Waals surface area (Å²) in [7, 11) is 0. The fourth-order valence-electron chi connectivity index (χ4n) is 2.46. The van der Waals surface area contributed by atoms with Gasteiger partial charge in [0.25, 0.3) is 0 Å². The number of nitrogens with two attached hydrogens (primary N) is 1. The molecule has 0 heterocycles. The molecule has 1 fully saturated rings. The van der Waals surface area contributed by atoms with Crippen molar-refractivity contribution in [2.75, 3.05) is 13.1 Å². The van der Waals surface area contributed by atoms with Crippen LogP contribution in [0.4, 0.5) is 13.2 Å². The highest BCUT2D eigenvalue weighted by Gasteiger charge is 2.45. The van der Waals surface area contributed by atoms with Crippen molar-refractivity contribution in [1.29, 1.82) is 0 Å². The van der Waals surface area contributed by atoms with E-state index in [1.54, 1.807) is 6.92 Å². The van der Waals surface area contributed by atoms with E-state index in [0.717, 1.165) is 0 Å². The Kier molecular flexibility index (Phi) is 4.61. The molecule has 0 bridgehead atoms. The van der Waals surface area contributed by atoms with Crippen LogP contribution in [0.15, 0.2) is 0 Å². The van der Waals surface area contributed by atoms with Gasteiger partial charge in [0.05, 0.1) is 6.54 Å². The van der Waals surface area contributed by atoms with Crippen LogP contribution in [-0.4, -0.2) is 46.8 Å². The van der Waals surface area contributed by atoms with Crippen LogP contribution in [0.25, 0.3) is 0 Å². The number of carbonyl (C=O) groups is 1. The molecule has 1 rings (SSSR count). The molecule has 1 aliphatic carbocycles. The molecule has 0 radical (unpaired) electrons. The van der Waals surface area contributed by atoms with E-state index in [9.17, 15) is 18.0 Å². The van der Waals surface area contributed by atoms with Crippen LogP contribution in [0.5, 0.6) is 0 Å². The number of alkyl halides is 3. The van der Waals surface area contributed by atoms with Crippen LogP contribution in [0.1, 0.15) is 32.6 Å². The lowest BCUT2D eigenvalue weighted by Gasteiger charge is -2.30. The van der Waals surface area contributed by atoms with Crippen LogP contribution < -0.4 is 5.73 Å². The third-order valence-corrected chi connectivity index (χ3v) is 3.36. The van der Waals surface area contributed by atoms with Gasteiger partial charge in [0.1, 0.15) is 5.54 Å². The summed E-state index contributed by atoms with van der Waals surface area (Å²) in [6.45, 7) is 1.10. The third kappa shape index (κ3) is 3.84. The maximum Gasteiger partial charge on any atom is 0.401 e. The topological polar surface area (TPSA) is 66.6 Å². The summed E-state index contributed by atoms with van der Waals surface area (Å²) in [4.78, 5) is 12.3. The second-order valence-corrected chi connectivity index (χ2v) is 4.94. The van der Waals surface area contributed by atoms with Crippen molar-refractivity contribution in [1.82, 2.24) is 4.90 Å². The summed E-state index contributed by atoms with van der Waals surface area (Å²) < 4.78 is 37.3. The third-order valence-electron chi connectivity index (χ3n) is 3.36. The zero-order valence-electron chi connectivity index (χ0n) is 10.3. The van der Waals surface area contributed by atoms with E-state index in [2.05, 4.69) is 0 Å². The summed E-state index contributed by atoms with van der Waals surface area (Å²) in [5.41, 5.74) is 4.31. The zero-order valence-corrected chi connectivity index (χ0v) is 10.3. The van der Waals surface area contributed by atoms with E-state index >= 15 is 0 Å². The summed E-state index contributed by atoms with van der Waals surface area (Å²) in [6.07, 6.45) is -2.96. The molecule has 2 atom stereocenters. The first-order valence-corrected chi connectivity index (χ1v) is 6.01. The summed E-state index contributed by atoms with van der Waals surface area (Å²) in [5.74, 6) is -1.13. The Morgan fingerprint density at radius 3 is 2.56 bits per heavy atom. The number of nitrogens with zero attached hydrogens (tertiary/aromatic N) is 1. The van der Waals surface area contributed by atoms with Crippen molar-refractivity contribution in [2.45, 2.75) is 50.4 Å². The average molecular weight is 268 g/mol. The van der Waals surface area contributed by atoms with Gasteiger partial charge >= 0.3 is 12.1 Å². The van der Waals surface area contributed by atoms with Gasteiger partial charge in [-0.25, -0.2) is 0 Å². The molecular weight excluding hydrogens is 249 g/mol. The number of hydrogen-bond donors (Lipinski definition) is 2. The Morgan fingerprint density at radius 1 is 1.56 bits per heavy atom. The minimum atomic E-state index is -4.27. The molecule has 3 N–H and O–H groups in total. The summed E-state index contributed by atoms with van der Waals surface area (Å²) in [5, 5.41) is 8.97. The Morgan fingerprint density at radius 2 is 2.17 bits per heavy atom. The van der Waals surface area contributed by atoms with Crippen LogP contribution in [0, 0.1) is 0 Å². The van der Waals surface area contributed by atoms with Crippen molar-refractivity contribution in [2.24, 2.45) is 5.73 Å². The second kappa shape index (κ2) is 5.44. The normalized spacial score (nSPS) is 28.9. The van der Waals surface area contributed by atoms with Crippen molar-refractivity contribution in [3.8, 4) is 0 Å². The Balaban J connectivity index is 2.69. The van der Waals surface area contributed by atoms with Gasteiger partial charge in [0, 0.05) is 6.04 Å². The molecule has 0 aliphatic heterocycles. The molecule has 2 unspecified atom stereocenters. The lowest BCUT2D eigenvalue weighted by atomic mass is 9.99. The standard InChI is InChI=1S/C11H19F3N2O2/c1-2-5-16(7-11(12,13)14)8-3-4-10(15,6-8)9(17)18/h8H,2-7,15H2,1H3,(H,17,18). The van der Waals surface area contributed by atoms with Gasteiger partial charge in [0.15, 0.2) is 0 Å². The number of aliphatic carboxylic acids is 1. The monoisotopic (exact) mass is 268 g/mol. The highest BCUT2D eigenvalue weighted by molar-refractivity contribution is 5.79. The van der Waals surface area contributed by atoms with E-state index in [1.165, 1.54) is 4.90 Å². The minimum Gasteiger partial charge on any atom is -0.480 e. The quantitative estimate of drug-likeness (QED) is 0.794. The average Bonchev–Trinajstić information content (AvgIpc) is 2.60. The van der Waals surface area contributed by atoms with Crippen LogP contribution in [0.2, 0.25) is 0 Å². The second-order valence-electron chi connectivity index (χ2n) is 4.94. The molecule has 0 aromatic heterocycles. The molecule has 0 saturated heterocycles. The van der Waals surface area contributed by atoms with E-state index < -0.39 is 30.3 Å². The maximum atomic E-state index is 12.4. The predicted octanol–water partition coefficient (Wildman–Crippen LogP) is 1.60. The molecule has 4 nitrogen and oxygen atoms in total. The number of hydrogen-bond acceptors (Lipinski definition) is 3. The molecule has 0 aromatic carbocycles. The molecule has 0 spiro atoms. The van der Waals surface area contributed by atoms with Gasteiger partial charge in [-0.15, -0.1) is 0 Å². The number of carboxylic acids is 1. The van der Waals surface area contributed by atoms with Crippen LogP contribution >= 0.6 is 0 Å². The molecule has 18 heavy (non-hydrogen) atoms. The highest BCUT2D eigenvalue weighted by atomic mass is 19.4. The summed E-state index contributed by atoms with van der Waals surface area (Å²) in [6, 6.07) is -0.396. The van der Waals surface area contributed by atoms with Gasteiger partial charge < -0.3 is 10.8 Å². The first-order chi connectivity index (χ1) is 8.18. The van der Waals surface area contributed by atoms with Crippen LogP contribution in [-0.2, 0) is 4.79 Å². The van der Waals surface area contributed by atoms with Gasteiger partial charge in [0.2, 0.25) is 0 Å². The first kappa shape index (κ1) is 15.2. The van der Waals surface area contributed by atoms with Crippen molar-refractivity contribution < 1.29 is 23.1 Å². The first-order valence-electron chi connectivity index (χ1n) is 6.01. The number of carboxylic acid groups (broad SMARTS) is 1. The molecule has 7 heteroatoms. The Labute approximate surface area is 104 Å². The minimum absolute atomic E-state index is 0.0818. The Bertz CT molecular complexity index is 309. The molecule has 1 aliphatic rings. The van der Waals surface area contributed by atoms with E-state index in [1.807, 2.05) is 0 Å². The zero-order chi connectivity index (χ0) is 14.0. The molecule has 1 saturated carbocycles. The lowest BCUT2D eigenvalue weighted by Crippen LogP contribution is -2.48. The number of rotatable bonds is 5. The smallest absolute Gasteiger partial charge is 0.401 e. The predicted molar refractivity (Wildman–Crippen MR) is 60.1 cm³/mol. The fraction of sp³-hybridized carbons (Fsp3) is 0.909. The van der Waals surface area contributed by atoms with Gasteiger partial charge in [-0.3, -0.25) is 9.69 Å². The molecule has 106 valence electrons. The van der Waals surface area contributed by atoms with Crippen molar-refractivity contribution in [3.05, 3.63) is 0 Å². The summed E-state index contributed by atoms with van der Waals surface area (Å²) >= 11 is 0. The number of halogens is 3. The molecule has 0 aromatic rings. The van der Waals surface area contributed by atoms with Crippen LogP contribution in [0.3, 0.4) is 0 Å². The van der Waals surface area contributed by atoms with E-state index in [0.29, 0.717) is 19.4 Å². The molecule has 0 amide bonds. The van der Waals surface area contributed by atoms with E-state index in [4.69, 9.17) is 10.8 Å². The SMILES string of the molecule is CCCN(CC(F)(F)F)C1CCC(N)(C(=O)O)C1. The fourth-order valence-corrected chi connectivity index (χ4v) is 2.46. The van der Waals surface area contributed by atoms with Crippen molar-refractivity contribution >= 4 is 5.97 Å². The maximum absolute atomic E-state index is 12.4. The van der Waals surface area contributed by atoms with E-state index in [-0.39, 0.29) is 12.8 Å². The molecular formula is C11H19F3N2O2. The van der Waals surface area contributed by atoms with Crippen molar-refractivity contribution in [3.63, 3.8) is 0 Å². The van der Waals surface area contributed by atoms with Gasteiger partial charge in [-0.1, -0.05) is 6.92 Å². The highest BCUT2D eigenvalue weighted by Crippen LogP contribution is 2.33. The lowest BCUT2D eigenvalue weighted by molar-refractivity contribution is -0.151. The Hall–Kier alpha value is -0.820.